The molecule has 1 aromatic heterocycles. The van der Waals surface area contributed by atoms with Crippen molar-refractivity contribution in [2.75, 3.05) is 13.7 Å². The van der Waals surface area contributed by atoms with Crippen LogP contribution in [0.2, 0.25) is 0 Å². The Labute approximate surface area is 119 Å². The van der Waals surface area contributed by atoms with Crippen LogP contribution in [0.1, 0.15) is 32.3 Å². The first-order chi connectivity index (χ1) is 9.62. The van der Waals surface area contributed by atoms with Crippen LogP contribution in [-0.2, 0) is 20.7 Å². The van der Waals surface area contributed by atoms with E-state index in [9.17, 15) is 9.59 Å². The monoisotopic (exact) mass is 279 g/mol. The summed E-state index contributed by atoms with van der Waals surface area (Å²) in [4.78, 5) is 28.0. The highest BCUT2D eigenvalue weighted by molar-refractivity contribution is 5.99. The highest BCUT2D eigenvalue weighted by atomic mass is 16.5. The summed E-state index contributed by atoms with van der Waals surface area (Å²) >= 11 is 0. The van der Waals surface area contributed by atoms with Crippen molar-refractivity contribution in [2.45, 2.75) is 33.1 Å². The minimum atomic E-state index is -0.679. The molecule has 0 aromatic carbocycles. The molecule has 0 saturated heterocycles. The van der Waals surface area contributed by atoms with Gasteiger partial charge < -0.3 is 9.47 Å². The van der Waals surface area contributed by atoms with Crippen LogP contribution in [0.5, 0.6) is 5.88 Å². The number of carbonyl (C=O) groups is 2. The van der Waals surface area contributed by atoms with Gasteiger partial charge in [0.2, 0.25) is 5.88 Å². The smallest absolute Gasteiger partial charge is 0.316 e. The zero-order valence-electron chi connectivity index (χ0n) is 12.2. The summed E-state index contributed by atoms with van der Waals surface area (Å²) in [5.74, 6) is -0.739. The van der Waals surface area contributed by atoms with Crippen LogP contribution < -0.4 is 4.74 Å². The van der Waals surface area contributed by atoms with Crippen LogP contribution in [0, 0.1) is 5.92 Å². The van der Waals surface area contributed by atoms with Gasteiger partial charge in [0.1, 0.15) is 5.92 Å². The Morgan fingerprint density at radius 3 is 2.55 bits per heavy atom. The molecule has 0 aliphatic carbocycles. The van der Waals surface area contributed by atoms with Crippen LogP contribution in [0.15, 0.2) is 18.3 Å². The Morgan fingerprint density at radius 2 is 2.05 bits per heavy atom. The number of ether oxygens (including phenoxy) is 2. The van der Waals surface area contributed by atoms with Gasteiger partial charge in [-0.25, -0.2) is 4.98 Å². The van der Waals surface area contributed by atoms with Gasteiger partial charge in [0.15, 0.2) is 5.78 Å². The molecular weight excluding hydrogens is 258 g/mol. The molecule has 1 rings (SSSR count). The molecule has 0 amide bonds. The molecular formula is C15H21NO4. The number of nitrogens with zero attached hydrogens (tertiary/aromatic N) is 1. The van der Waals surface area contributed by atoms with E-state index in [4.69, 9.17) is 9.47 Å². The Balaban J connectivity index is 2.71. The molecule has 20 heavy (non-hydrogen) atoms. The van der Waals surface area contributed by atoms with Crippen molar-refractivity contribution in [1.82, 2.24) is 4.98 Å². The molecule has 0 radical (unpaired) electrons. The third-order valence-corrected chi connectivity index (χ3v) is 2.92. The minimum absolute atomic E-state index is 0.128. The maximum atomic E-state index is 12.2. The SMILES string of the molecule is CCCC(C(=O)Cc1ccc(OC)nc1)C(=O)OCC. The molecule has 0 spiro atoms. The van der Waals surface area contributed by atoms with Crippen LogP contribution in [0.4, 0.5) is 0 Å². The normalized spacial score (nSPS) is 11.8. The van der Waals surface area contributed by atoms with E-state index < -0.39 is 11.9 Å². The maximum Gasteiger partial charge on any atom is 0.316 e. The zero-order valence-corrected chi connectivity index (χ0v) is 12.2. The Kier molecular flexibility index (Phi) is 6.70. The Bertz CT molecular complexity index is 442. The molecule has 0 N–H and O–H groups in total. The third-order valence-electron chi connectivity index (χ3n) is 2.92. The predicted octanol–water partition coefficient (Wildman–Crippen LogP) is 2.18. The number of pyridine rings is 1. The summed E-state index contributed by atoms with van der Waals surface area (Å²) in [6.45, 7) is 3.96. The van der Waals surface area contributed by atoms with Crippen LogP contribution in [0.3, 0.4) is 0 Å². The lowest BCUT2D eigenvalue weighted by atomic mass is 9.94. The molecule has 0 aliphatic heterocycles. The quantitative estimate of drug-likeness (QED) is 0.539. The average molecular weight is 279 g/mol. The van der Waals surface area contributed by atoms with Crippen molar-refractivity contribution in [3.63, 3.8) is 0 Å². The molecule has 0 aliphatic rings. The molecule has 5 nitrogen and oxygen atoms in total. The number of carbonyl (C=O) groups excluding carboxylic acids is 2. The molecule has 0 saturated carbocycles. The van der Waals surface area contributed by atoms with Crippen LogP contribution in [0.25, 0.3) is 0 Å². The number of ketones is 1. The van der Waals surface area contributed by atoms with Gasteiger partial charge in [-0.1, -0.05) is 19.4 Å². The standard InChI is InChI=1S/C15H21NO4/c1-4-6-12(15(18)20-5-2)13(17)9-11-7-8-14(19-3)16-10-11/h7-8,10,12H,4-6,9H2,1-3H3. The van der Waals surface area contributed by atoms with Gasteiger partial charge in [-0.3, -0.25) is 9.59 Å². The molecule has 1 aromatic rings. The van der Waals surface area contributed by atoms with Crippen molar-refractivity contribution < 1.29 is 19.1 Å². The first-order valence-electron chi connectivity index (χ1n) is 6.80. The van der Waals surface area contributed by atoms with Gasteiger partial charge in [0, 0.05) is 18.7 Å². The highest BCUT2D eigenvalue weighted by Crippen LogP contribution is 2.15. The lowest BCUT2D eigenvalue weighted by Gasteiger charge is -2.13. The van der Waals surface area contributed by atoms with Gasteiger partial charge >= 0.3 is 5.97 Å². The summed E-state index contributed by atoms with van der Waals surface area (Å²) in [5.41, 5.74) is 0.765. The lowest BCUT2D eigenvalue weighted by molar-refractivity contribution is -0.151. The van der Waals surface area contributed by atoms with Crippen LogP contribution >= 0.6 is 0 Å². The van der Waals surface area contributed by atoms with Crippen molar-refractivity contribution in [2.24, 2.45) is 5.92 Å². The summed E-state index contributed by atoms with van der Waals surface area (Å²) in [6.07, 6.45) is 3.04. The number of hydrogen-bond acceptors (Lipinski definition) is 5. The number of aromatic nitrogens is 1. The summed E-state index contributed by atoms with van der Waals surface area (Å²) in [7, 11) is 1.53. The fourth-order valence-corrected chi connectivity index (χ4v) is 1.90. The molecule has 0 fully saturated rings. The van der Waals surface area contributed by atoms with Gasteiger partial charge in [0.05, 0.1) is 13.7 Å². The van der Waals surface area contributed by atoms with Gasteiger partial charge in [-0.15, -0.1) is 0 Å². The van der Waals surface area contributed by atoms with E-state index in [1.54, 1.807) is 25.3 Å². The van der Waals surface area contributed by atoms with E-state index in [-0.39, 0.29) is 18.8 Å². The second-order valence-electron chi connectivity index (χ2n) is 4.45. The fourth-order valence-electron chi connectivity index (χ4n) is 1.90. The summed E-state index contributed by atoms with van der Waals surface area (Å²) in [5, 5.41) is 0. The number of Topliss-reactive ketones (excluding diaryl/α,β-unsaturated/α-hetero) is 1. The van der Waals surface area contributed by atoms with Gasteiger partial charge in [0.25, 0.3) is 0 Å². The minimum Gasteiger partial charge on any atom is -0.481 e. The summed E-state index contributed by atoms with van der Waals surface area (Å²) < 4.78 is 9.92. The molecule has 0 bridgehead atoms. The molecule has 1 heterocycles. The summed E-state index contributed by atoms with van der Waals surface area (Å²) in [6, 6.07) is 3.47. The van der Waals surface area contributed by atoms with Crippen molar-refractivity contribution in [3.05, 3.63) is 23.9 Å². The number of rotatable bonds is 8. The largest absolute Gasteiger partial charge is 0.481 e. The zero-order chi connectivity index (χ0) is 15.0. The van der Waals surface area contributed by atoms with E-state index in [0.717, 1.165) is 12.0 Å². The van der Waals surface area contributed by atoms with E-state index in [1.807, 2.05) is 6.92 Å². The van der Waals surface area contributed by atoms with Gasteiger partial charge in [-0.2, -0.15) is 0 Å². The molecule has 1 unspecified atom stereocenters. The maximum absolute atomic E-state index is 12.2. The number of hydrogen-bond donors (Lipinski definition) is 0. The van der Waals surface area contributed by atoms with Gasteiger partial charge in [-0.05, 0) is 18.9 Å². The molecule has 1 atom stereocenters. The first-order valence-corrected chi connectivity index (χ1v) is 6.80. The van der Waals surface area contributed by atoms with E-state index >= 15 is 0 Å². The second-order valence-corrected chi connectivity index (χ2v) is 4.45. The predicted molar refractivity (Wildman–Crippen MR) is 74.5 cm³/mol. The second kappa shape index (κ2) is 8.30. The molecule has 5 heteroatoms. The van der Waals surface area contributed by atoms with Crippen molar-refractivity contribution >= 4 is 11.8 Å². The first kappa shape index (κ1) is 16.1. The third kappa shape index (κ3) is 4.64. The Morgan fingerprint density at radius 1 is 1.30 bits per heavy atom. The topological polar surface area (TPSA) is 65.5 Å². The van der Waals surface area contributed by atoms with Crippen molar-refractivity contribution in [3.8, 4) is 5.88 Å². The van der Waals surface area contributed by atoms with Crippen molar-refractivity contribution in [1.29, 1.82) is 0 Å². The number of esters is 1. The van der Waals surface area contributed by atoms with E-state index in [1.165, 1.54) is 7.11 Å². The van der Waals surface area contributed by atoms with E-state index in [0.29, 0.717) is 12.3 Å². The average Bonchev–Trinajstić information content (AvgIpc) is 2.45. The number of methoxy groups -OCH3 is 1. The Hall–Kier alpha value is -1.91. The van der Waals surface area contributed by atoms with Crippen LogP contribution in [-0.4, -0.2) is 30.5 Å². The van der Waals surface area contributed by atoms with E-state index in [2.05, 4.69) is 4.98 Å². The lowest BCUT2D eigenvalue weighted by Crippen LogP contribution is -2.27. The molecule has 110 valence electrons. The fraction of sp³-hybridized carbons (Fsp3) is 0.533. The highest BCUT2D eigenvalue weighted by Gasteiger charge is 2.26.